The second kappa shape index (κ2) is 7.62. The Morgan fingerprint density at radius 2 is 2.13 bits per heavy atom. The zero-order valence-electron chi connectivity index (χ0n) is 12.6. The molecule has 0 saturated carbocycles. The van der Waals surface area contributed by atoms with E-state index in [1.807, 2.05) is 0 Å². The number of aryl methyl sites for hydroxylation is 1. The van der Waals surface area contributed by atoms with Crippen molar-refractivity contribution in [1.29, 1.82) is 0 Å². The van der Waals surface area contributed by atoms with Crippen LogP contribution in [0.25, 0.3) is 0 Å². The molecule has 0 atom stereocenters. The van der Waals surface area contributed by atoms with Crippen LogP contribution in [-0.4, -0.2) is 45.9 Å². The highest BCUT2D eigenvalue weighted by atomic mass is 16.4. The number of amides is 1. The maximum atomic E-state index is 12.1. The van der Waals surface area contributed by atoms with Gasteiger partial charge in [0.1, 0.15) is 12.1 Å². The number of hydrogen-bond donors (Lipinski definition) is 3. The van der Waals surface area contributed by atoms with Gasteiger partial charge in [-0.2, -0.15) is 0 Å². The van der Waals surface area contributed by atoms with Crippen LogP contribution in [0.2, 0.25) is 0 Å². The summed E-state index contributed by atoms with van der Waals surface area (Å²) in [6.45, 7) is 2.18. The highest BCUT2D eigenvalue weighted by molar-refractivity contribution is 6.60. The van der Waals surface area contributed by atoms with Crippen molar-refractivity contribution in [1.82, 2.24) is 15.3 Å². The highest BCUT2D eigenvalue weighted by Gasteiger charge is 2.17. The van der Waals surface area contributed by atoms with Crippen LogP contribution in [0.1, 0.15) is 32.2 Å². The van der Waals surface area contributed by atoms with E-state index < -0.39 is 7.12 Å². The third kappa shape index (κ3) is 4.45. The van der Waals surface area contributed by atoms with Crippen LogP contribution in [-0.2, 0) is 6.42 Å². The van der Waals surface area contributed by atoms with Crippen LogP contribution >= 0.6 is 0 Å². The molecule has 0 aliphatic rings. The van der Waals surface area contributed by atoms with Crippen LogP contribution in [0.4, 0.5) is 0 Å². The molecule has 0 aliphatic carbocycles. The Hall–Kier alpha value is -2.58. The Bertz CT molecular complexity index is 722. The second-order valence-electron chi connectivity index (χ2n) is 4.94. The van der Waals surface area contributed by atoms with E-state index in [4.69, 9.17) is 10.0 Å². The van der Waals surface area contributed by atoms with Crippen molar-refractivity contribution < 1.29 is 19.6 Å². The number of benzene rings is 1. The molecule has 1 amide bonds. The summed E-state index contributed by atoms with van der Waals surface area (Å²) in [6, 6.07) is 5.88. The molecule has 0 aliphatic heterocycles. The molecule has 0 saturated heterocycles. The smallest absolute Gasteiger partial charge is 0.423 e. The lowest BCUT2D eigenvalue weighted by atomic mass is 9.77. The number of nitrogens with zero attached hydrogens (tertiary/aromatic N) is 2. The van der Waals surface area contributed by atoms with Crippen LogP contribution in [0.3, 0.4) is 0 Å². The highest BCUT2D eigenvalue weighted by Crippen LogP contribution is 2.03. The predicted molar refractivity (Wildman–Crippen MR) is 84.5 cm³/mol. The molecule has 3 N–H and O–H groups in total. The van der Waals surface area contributed by atoms with Crippen molar-refractivity contribution in [3.05, 3.63) is 53.1 Å². The molecule has 0 bridgehead atoms. The minimum absolute atomic E-state index is 0.0630. The number of rotatable bonds is 6. The molecular weight excluding hydrogens is 297 g/mol. The Labute approximate surface area is 133 Å². The molecule has 23 heavy (non-hydrogen) atoms. The maximum Gasteiger partial charge on any atom is 0.489 e. The molecule has 0 unspecified atom stereocenters. The van der Waals surface area contributed by atoms with Crippen molar-refractivity contribution in [2.24, 2.45) is 0 Å². The lowest BCUT2D eigenvalue weighted by Gasteiger charge is -2.08. The summed E-state index contributed by atoms with van der Waals surface area (Å²) in [5.74, 6) is 0.320. The molecule has 0 spiro atoms. The van der Waals surface area contributed by atoms with Gasteiger partial charge >= 0.3 is 7.12 Å². The fraction of sp³-hybridized carbons (Fsp3) is 0.200. The average Bonchev–Trinajstić information content (AvgIpc) is 2.54. The van der Waals surface area contributed by atoms with E-state index in [9.17, 15) is 9.59 Å². The van der Waals surface area contributed by atoms with Gasteiger partial charge in [-0.3, -0.25) is 9.59 Å². The van der Waals surface area contributed by atoms with Crippen LogP contribution in [0.15, 0.2) is 30.5 Å². The molecule has 7 nitrogen and oxygen atoms in total. The second-order valence-corrected chi connectivity index (χ2v) is 4.94. The number of aldehydes is 1. The Morgan fingerprint density at radius 3 is 2.78 bits per heavy atom. The minimum Gasteiger partial charge on any atom is -0.423 e. The van der Waals surface area contributed by atoms with Crippen LogP contribution in [0.5, 0.6) is 0 Å². The first kappa shape index (κ1) is 16.8. The lowest BCUT2D eigenvalue weighted by Crippen LogP contribution is -2.34. The molecule has 1 aromatic carbocycles. The van der Waals surface area contributed by atoms with Gasteiger partial charge in [-0.05, 0) is 30.6 Å². The van der Waals surface area contributed by atoms with E-state index in [2.05, 4.69) is 15.3 Å². The quantitative estimate of drug-likeness (QED) is 0.478. The SMILES string of the molecule is Cc1nccc(CCNC(=O)c2ccc(B(O)O)c(C=O)c2)n1. The van der Waals surface area contributed by atoms with Gasteiger partial charge in [0.2, 0.25) is 0 Å². The van der Waals surface area contributed by atoms with E-state index in [-0.39, 0.29) is 22.5 Å². The van der Waals surface area contributed by atoms with Gasteiger partial charge < -0.3 is 15.4 Å². The molecule has 1 aromatic heterocycles. The summed E-state index contributed by atoms with van der Waals surface area (Å²) < 4.78 is 0. The molecule has 2 aromatic rings. The monoisotopic (exact) mass is 313 g/mol. The van der Waals surface area contributed by atoms with Gasteiger partial charge in [0.15, 0.2) is 0 Å². The van der Waals surface area contributed by atoms with E-state index >= 15 is 0 Å². The minimum atomic E-state index is -1.76. The van der Waals surface area contributed by atoms with Crippen molar-refractivity contribution in [3.8, 4) is 0 Å². The summed E-state index contributed by atoms with van der Waals surface area (Å²) in [4.78, 5) is 31.3. The van der Waals surface area contributed by atoms with Crippen molar-refractivity contribution in [2.45, 2.75) is 13.3 Å². The zero-order chi connectivity index (χ0) is 16.8. The molecular formula is C15H16BN3O4. The van der Waals surface area contributed by atoms with Gasteiger partial charge in [-0.25, -0.2) is 9.97 Å². The first-order valence-corrected chi connectivity index (χ1v) is 7.03. The average molecular weight is 313 g/mol. The molecule has 118 valence electrons. The maximum absolute atomic E-state index is 12.1. The summed E-state index contributed by atoms with van der Waals surface area (Å²) in [7, 11) is -1.76. The van der Waals surface area contributed by atoms with E-state index in [1.54, 1.807) is 19.2 Å². The van der Waals surface area contributed by atoms with Crippen molar-refractivity contribution in [3.63, 3.8) is 0 Å². The van der Waals surface area contributed by atoms with Gasteiger partial charge in [-0.1, -0.05) is 6.07 Å². The first-order valence-electron chi connectivity index (χ1n) is 7.03. The third-order valence-corrected chi connectivity index (χ3v) is 3.25. The fourth-order valence-corrected chi connectivity index (χ4v) is 2.10. The summed E-state index contributed by atoms with van der Waals surface area (Å²) >= 11 is 0. The first-order chi connectivity index (χ1) is 11.0. The van der Waals surface area contributed by atoms with Gasteiger partial charge in [0.05, 0.1) is 0 Å². The van der Waals surface area contributed by atoms with Crippen LogP contribution < -0.4 is 10.8 Å². The number of nitrogens with one attached hydrogen (secondary N) is 1. The summed E-state index contributed by atoms with van der Waals surface area (Å²) in [5.41, 5.74) is 1.23. The number of hydrogen-bond acceptors (Lipinski definition) is 6. The topological polar surface area (TPSA) is 112 Å². The molecule has 0 fully saturated rings. The van der Waals surface area contributed by atoms with E-state index in [0.29, 0.717) is 25.1 Å². The van der Waals surface area contributed by atoms with Gasteiger partial charge in [0, 0.05) is 36.0 Å². The largest absolute Gasteiger partial charge is 0.489 e. The summed E-state index contributed by atoms with van der Waals surface area (Å²) in [5, 5.41) is 21.0. The normalized spacial score (nSPS) is 10.2. The Kier molecular flexibility index (Phi) is 5.56. The Balaban J connectivity index is 1.99. The third-order valence-electron chi connectivity index (χ3n) is 3.25. The molecule has 8 heteroatoms. The number of aromatic nitrogens is 2. The molecule has 0 radical (unpaired) electrons. The number of carbonyl (C=O) groups excluding carboxylic acids is 2. The van der Waals surface area contributed by atoms with Crippen LogP contribution in [0, 0.1) is 6.92 Å². The number of carbonyl (C=O) groups is 2. The lowest BCUT2D eigenvalue weighted by molar-refractivity contribution is 0.0954. The Morgan fingerprint density at radius 1 is 1.35 bits per heavy atom. The van der Waals surface area contributed by atoms with Crippen molar-refractivity contribution in [2.75, 3.05) is 6.54 Å². The van der Waals surface area contributed by atoms with Gasteiger partial charge in [-0.15, -0.1) is 0 Å². The zero-order valence-corrected chi connectivity index (χ0v) is 12.6. The fourth-order valence-electron chi connectivity index (χ4n) is 2.10. The molecule has 1 heterocycles. The van der Waals surface area contributed by atoms with Crippen molar-refractivity contribution >= 4 is 24.8 Å². The van der Waals surface area contributed by atoms with Gasteiger partial charge in [0.25, 0.3) is 5.91 Å². The van der Waals surface area contributed by atoms with E-state index in [0.717, 1.165) is 5.69 Å². The summed E-state index contributed by atoms with van der Waals surface area (Å²) in [6.07, 6.45) is 2.70. The van der Waals surface area contributed by atoms with E-state index in [1.165, 1.54) is 18.2 Å². The predicted octanol–water partition coefficient (Wildman–Crippen LogP) is -0.750. The standard InChI is InChI=1S/C15H16BN3O4/c1-10-17-6-4-13(19-10)5-7-18-15(21)11-2-3-14(16(22)23)12(8-11)9-20/h2-4,6,8-9,22-23H,5,7H2,1H3,(H,18,21). The molecule has 2 rings (SSSR count).